The Balaban J connectivity index is 2.20. The van der Waals surface area contributed by atoms with Gasteiger partial charge in [-0.15, -0.1) is 0 Å². The Morgan fingerprint density at radius 1 is 1.31 bits per heavy atom. The molecule has 0 saturated carbocycles. The number of hydrogen-bond acceptors (Lipinski definition) is 8. The minimum Gasteiger partial charge on any atom is -0.468 e. The number of Topliss-reactive ketones (excluding diaryl/α,β-unsaturated/α-hetero) is 1. The molecule has 1 heterocycles. The van der Waals surface area contributed by atoms with E-state index < -0.39 is 34.5 Å². The summed E-state index contributed by atoms with van der Waals surface area (Å²) in [5, 5.41) is 14.5. The summed E-state index contributed by atoms with van der Waals surface area (Å²) in [7, 11) is 1.22. The van der Waals surface area contributed by atoms with E-state index in [0.717, 1.165) is 0 Å². The zero-order valence-corrected chi connectivity index (χ0v) is 18.5. The van der Waals surface area contributed by atoms with Crippen LogP contribution in [0.5, 0.6) is 0 Å². The average molecular weight is 442 g/mol. The molecule has 2 aliphatic rings. The topological polar surface area (TPSA) is 125 Å². The molecule has 1 aliphatic carbocycles. The second-order valence-corrected chi connectivity index (χ2v) is 8.02. The number of dihydropyridines is 1. The van der Waals surface area contributed by atoms with Crippen LogP contribution >= 0.6 is 0 Å². The van der Waals surface area contributed by atoms with Crippen molar-refractivity contribution >= 4 is 23.4 Å². The Labute approximate surface area is 185 Å². The van der Waals surface area contributed by atoms with Crippen molar-refractivity contribution < 1.29 is 28.8 Å². The normalized spacial score (nSPS) is 22.8. The quantitative estimate of drug-likeness (QED) is 0.308. The lowest BCUT2D eigenvalue weighted by atomic mass is 9.69. The first-order chi connectivity index (χ1) is 15.2. The molecule has 0 fully saturated rings. The monoisotopic (exact) mass is 442 g/mol. The van der Waals surface area contributed by atoms with Crippen molar-refractivity contribution in [1.29, 1.82) is 0 Å². The van der Waals surface area contributed by atoms with Gasteiger partial charge in [0.05, 0.1) is 24.2 Å². The minimum atomic E-state index is -1.02. The molecule has 9 nitrogen and oxygen atoms in total. The number of nitrogens with zero attached hydrogens (tertiary/aromatic N) is 1. The molecule has 0 saturated heterocycles. The lowest BCUT2D eigenvalue weighted by Crippen LogP contribution is -2.43. The maximum atomic E-state index is 13.6. The summed E-state index contributed by atoms with van der Waals surface area (Å²) in [4.78, 5) is 49.8. The van der Waals surface area contributed by atoms with Crippen molar-refractivity contribution in [2.45, 2.75) is 39.5 Å². The van der Waals surface area contributed by atoms with E-state index in [-0.39, 0.29) is 29.4 Å². The van der Waals surface area contributed by atoms with Crippen LogP contribution in [-0.2, 0) is 23.9 Å². The Morgan fingerprint density at radius 3 is 2.66 bits per heavy atom. The number of allylic oxidation sites excluding steroid dienone is 3. The van der Waals surface area contributed by atoms with Crippen LogP contribution in [0.1, 0.15) is 45.1 Å². The van der Waals surface area contributed by atoms with Crippen molar-refractivity contribution in [3.05, 3.63) is 62.5 Å². The number of methoxy groups -OCH3 is 1. The Bertz CT molecular complexity index is 1040. The summed E-state index contributed by atoms with van der Waals surface area (Å²) in [5.74, 6) is -3.94. The Hall–Kier alpha value is -3.49. The number of hydrogen-bond donors (Lipinski definition) is 1. The molecule has 1 aromatic carbocycles. The van der Waals surface area contributed by atoms with Crippen molar-refractivity contribution in [2.24, 2.45) is 11.8 Å². The van der Waals surface area contributed by atoms with Gasteiger partial charge >= 0.3 is 11.9 Å². The van der Waals surface area contributed by atoms with E-state index in [0.29, 0.717) is 29.8 Å². The maximum Gasteiger partial charge on any atom is 0.336 e. The van der Waals surface area contributed by atoms with Gasteiger partial charge in [-0.1, -0.05) is 26.0 Å². The maximum absolute atomic E-state index is 13.6. The summed E-state index contributed by atoms with van der Waals surface area (Å²) in [6.45, 7) is 5.55. The highest BCUT2D eigenvalue weighted by atomic mass is 16.6. The molecule has 170 valence electrons. The van der Waals surface area contributed by atoms with Crippen LogP contribution in [0.15, 0.2) is 46.8 Å². The molecule has 0 spiro atoms. The SMILES string of the molecule is CCCOC(=O)C1=C(C)NC2=C(C(=O)[C@H](C(=O)OC)[C@@H](C)C2)[C@@H]1c1cccc([N+](=O)[O-])c1. The van der Waals surface area contributed by atoms with Crippen molar-refractivity contribution in [2.75, 3.05) is 13.7 Å². The average Bonchev–Trinajstić information content (AvgIpc) is 2.76. The van der Waals surface area contributed by atoms with Gasteiger partial charge in [-0.25, -0.2) is 4.79 Å². The van der Waals surface area contributed by atoms with Gasteiger partial charge < -0.3 is 14.8 Å². The highest BCUT2D eigenvalue weighted by Crippen LogP contribution is 2.45. The van der Waals surface area contributed by atoms with E-state index >= 15 is 0 Å². The van der Waals surface area contributed by atoms with Crippen LogP contribution in [0, 0.1) is 22.0 Å². The van der Waals surface area contributed by atoms with Crippen LogP contribution in [0.4, 0.5) is 5.69 Å². The van der Waals surface area contributed by atoms with E-state index in [2.05, 4.69) is 5.32 Å². The molecule has 32 heavy (non-hydrogen) atoms. The predicted molar refractivity (Wildman–Crippen MR) is 114 cm³/mol. The minimum absolute atomic E-state index is 0.164. The highest BCUT2D eigenvalue weighted by Gasteiger charge is 2.47. The molecule has 0 aromatic heterocycles. The number of benzene rings is 1. The largest absolute Gasteiger partial charge is 0.468 e. The first-order valence-corrected chi connectivity index (χ1v) is 10.5. The van der Waals surface area contributed by atoms with E-state index in [4.69, 9.17) is 9.47 Å². The third-order valence-corrected chi connectivity index (χ3v) is 5.81. The summed E-state index contributed by atoms with van der Waals surface area (Å²) >= 11 is 0. The van der Waals surface area contributed by atoms with E-state index in [1.807, 2.05) is 6.92 Å². The van der Waals surface area contributed by atoms with Crippen LogP contribution in [0.25, 0.3) is 0 Å². The standard InChI is InChI=1S/C23H26N2O7/c1-5-9-32-23(28)18-13(3)24-16-10-12(2)17(22(27)31-4)21(26)20(16)19(18)14-7-6-8-15(11-14)25(29)30/h6-8,11-12,17,19,24H,5,9-10H2,1-4H3/t12-,17+,19+/m0/s1. The number of carbonyl (C=O) groups excluding carboxylic acids is 3. The molecular weight excluding hydrogens is 416 g/mol. The van der Waals surface area contributed by atoms with E-state index in [1.54, 1.807) is 19.9 Å². The van der Waals surface area contributed by atoms with Crippen LogP contribution in [-0.4, -0.2) is 36.4 Å². The predicted octanol–water partition coefficient (Wildman–Crippen LogP) is 3.16. The molecular formula is C23H26N2O7. The number of nitro benzene ring substituents is 1. The highest BCUT2D eigenvalue weighted by molar-refractivity contribution is 6.12. The number of nitrogens with one attached hydrogen (secondary N) is 1. The van der Waals surface area contributed by atoms with Gasteiger partial charge in [-0.3, -0.25) is 19.7 Å². The number of ketones is 1. The number of non-ortho nitro benzene ring substituents is 1. The molecule has 3 rings (SSSR count). The van der Waals surface area contributed by atoms with Gasteiger partial charge in [0.15, 0.2) is 5.78 Å². The van der Waals surface area contributed by atoms with Crippen molar-refractivity contribution in [3.8, 4) is 0 Å². The number of carbonyl (C=O) groups is 3. The second kappa shape index (κ2) is 9.33. The molecule has 1 aliphatic heterocycles. The summed E-state index contributed by atoms with van der Waals surface area (Å²) < 4.78 is 10.2. The number of rotatable bonds is 6. The van der Waals surface area contributed by atoms with Gasteiger partial charge in [-0.05, 0) is 31.2 Å². The number of nitro groups is 1. The second-order valence-electron chi connectivity index (χ2n) is 8.02. The Kier molecular flexibility index (Phi) is 6.76. The summed E-state index contributed by atoms with van der Waals surface area (Å²) in [5.41, 5.74) is 1.80. The zero-order valence-electron chi connectivity index (χ0n) is 18.5. The van der Waals surface area contributed by atoms with Crippen molar-refractivity contribution in [3.63, 3.8) is 0 Å². The fourth-order valence-corrected chi connectivity index (χ4v) is 4.37. The van der Waals surface area contributed by atoms with Gasteiger partial charge in [0.25, 0.3) is 5.69 Å². The fourth-order valence-electron chi connectivity index (χ4n) is 4.37. The molecule has 0 unspecified atom stereocenters. The third-order valence-electron chi connectivity index (χ3n) is 5.81. The molecule has 0 bridgehead atoms. The molecule has 1 aromatic rings. The van der Waals surface area contributed by atoms with E-state index in [9.17, 15) is 24.5 Å². The first kappa shape index (κ1) is 23.2. The molecule has 1 N–H and O–H groups in total. The third kappa shape index (κ3) is 4.15. The van der Waals surface area contributed by atoms with E-state index in [1.165, 1.54) is 25.3 Å². The van der Waals surface area contributed by atoms with Crippen LogP contribution < -0.4 is 5.32 Å². The lowest BCUT2D eigenvalue weighted by Gasteiger charge is -2.38. The van der Waals surface area contributed by atoms with Crippen LogP contribution in [0.3, 0.4) is 0 Å². The van der Waals surface area contributed by atoms with Gasteiger partial charge in [-0.2, -0.15) is 0 Å². The molecule has 0 amide bonds. The van der Waals surface area contributed by atoms with Crippen LogP contribution in [0.2, 0.25) is 0 Å². The number of esters is 2. The van der Waals surface area contributed by atoms with Gasteiger partial charge in [0.1, 0.15) is 5.92 Å². The lowest BCUT2D eigenvalue weighted by molar-refractivity contribution is -0.384. The smallest absolute Gasteiger partial charge is 0.336 e. The molecule has 0 radical (unpaired) electrons. The Morgan fingerprint density at radius 2 is 2.03 bits per heavy atom. The molecule has 3 atom stereocenters. The number of ether oxygens (including phenoxy) is 2. The summed E-state index contributed by atoms with van der Waals surface area (Å²) in [6.07, 6.45) is 1.00. The molecule has 9 heteroatoms. The van der Waals surface area contributed by atoms with Gasteiger partial charge in [0.2, 0.25) is 0 Å². The van der Waals surface area contributed by atoms with Gasteiger partial charge in [0, 0.05) is 35.0 Å². The van der Waals surface area contributed by atoms with Crippen molar-refractivity contribution in [1.82, 2.24) is 5.32 Å². The summed E-state index contributed by atoms with van der Waals surface area (Å²) in [6, 6.07) is 5.83. The first-order valence-electron chi connectivity index (χ1n) is 10.5. The zero-order chi connectivity index (χ0) is 23.6. The fraction of sp³-hybridized carbons (Fsp3) is 0.435.